The summed E-state index contributed by atoms with van der Waals surface area (Å²) in [5.41, 5.74) is 7.24. The second-order valence-corrected chi connectivity index (χ2v) is 8.50. The zero-order valence-corrected chi connectivity index (χ0v) is 18.3. The lowest BCUT2D eigenvalue weighted by atomic mass is 9.92. The molecule has 2 aromatic rings. The summed E-state index contributed by atoms with van der Waals surface area (Å²) < 4.78 is 17.7. The van der Waals surface area contributed by atoms with Crippen LogP contribution in [0.4, 0.5) is 0 Å². The van der Waals surface area contributed by atoms with E-state index in [1.807, 2.05) is 60.7 Å². The van der Waals surface area contributed by atoms with Crippen LogP contribution in [-0.2, 0) is 25.3 Å². The predicted molar refractivity (Wildman–Crippen MR) is 118 cm³/mol. The Morgan fingerprint density at radius 3 is 2.23 bits per heavy atom. The minimum Gasteiger partial charge on any atom is -0.481 e. The van der Waals surface area contributed by atoms with Crippen molar-refractivity contribution in [1.82, 2.24) is 0 Å². The normalized spacial score (nSPS) is 15.0. The molecule has 4 unspecified atom stereocenters. The summed E-state index contributed by atoms with van der Waals surface area (Å²) >= 11 is 0. The number of hydrogen-bond donors (Lipinski definition) is 3. The molecule has 2 rings (SSSR count). The highest BCUT2D eigenvalue weighted by atomic mass is 31.1. The summed E-state index contributed by atoms with van der Waals surface area (Å²) in [6.45, 7) is 0.244. The molecule has 0 spiro atoms. The van der Waals surface area contributed by atoms with Crippen molar-refractivity contribution in [2.24, 2.45) is 11.7 Å². The molecule has 0 saturated heterocycles. The second kappa shape index (κ2) is 12.3. The van der Waals surface area contributed by atoms with Gasteiger partial charge >= 0.3 is 20.4 Å². The van der Waals surface area contributed by atoms with E-state index < -0.39 is 37.8 Å². The van der Waals surface area contributed by atoms with Crippen molar-refractivity contribution in [3.05, 3.63) is 71.8 Å². The Labute approximate surface area is 183 Å². The summed E-state index contributed by atoms with van der Waals surface area (Å²) in [4.78, 5) is 24.3. The van der Waals surface area contributed by atoms with E-state index in [9.17, 15) is 19.3 Å². The molecule has 2 aromatic carbocycles. The number of carbonyl (C=O) groups is 2. The van der Waals surface area contributed by atoms with Crippen molar-refractivity contribution in [2.75, 3.05) is 6.54 Å². The first kappa shape index (κ1) is 24.7. The molecule has 0 fully saturated rings. The zero-order valence-electron chi connectivity index (χ0n) is 17.3. The van der Waals surface area contributed by atoms with E-state index in [4.69, 9.17) is 15.6 Å². The molecule has 7 nitrogen and oxygen atoms in total. The first-order valence-electron chi connectivity index (χ1n) is 10.2. The van der Waals surface area contributed by atoms with Gasteiger partial charge in [0.25, 0.3) is 5.34 Å². The standard InChI is InChI=1S/C23H28NO6P/c24-15-7-14-23(28,31-29)19(12-13-21(25)26)22(27)30-20(18-10-5-2-6-11-18)16-17-8-3-1-4-9-17/h1-6,8-11,19-20,28H,7,12-16,24H2,(H,25,26)/p+1. The molecule has 0 aromatic heterocycles. The van der Waals surface area contributed by atoms with Crippen molar-refractivity contribution in [3.63, 3.8) is 0 Å². The molecule has 0 bridgehead atoms. The molecule has 8 heteroatoms. The zero-order chi connectivity index (χ0) is 22.7. The van der Waals surface area contributed by atoms with Gasteiger partial charge in [-0.2, -0.15) is 0 Å². The Bertz CT molecular complexity index is 848. The van der Waals surface area contributed by atoms with Crippen molar-refractivity contribution in [3.8, 4) is 0 Å². The van der Waals surface area contributed by atoms with Crippen LogP contribution in [0.15, 0.2) is 60.7 Å². The average molecular weight is 446 g/mol. The largest absolute Gasteiger partial charge is 0.481 e. The fourth-order valence-electron chi connectivity index (χ4n) is 3.43. The molecule has 4 N–H and O–H groups in total. The smallest absolute Gasteiger partial charge is 0.360 e. The highest BCUT2D eigenvalue weighted by Crippen LogP contribution is 2.38. The van der Waals surface area contributed by atoms with Crippen molar-refractivity contribution < 1.29 is 29.1 Å². The van der Waals surface area contributed by atoms with Gasteiger partial charge in [-0.15, -0.1) is 0 Å². The maximum absolute atomic E-state index is 13.2. The molecule has 31 heavy (non-hydrogen) atoms. The van der Waals surface area contributed by atoms with Crippen LogP contribution in [0.2, 0.25) is 0 Å². The molecule has 4 atom stereocenters. The number of esters is 1. The van der Waals surface area contributed by atoms with Crippen LogP contribution in [0, 0.1) is 5.92 Å². The summed E-state index contributed by atoms with van der Waals surface area (Å²) in [6, 6.07) is 18.7. The summed E-state index contributed by atoms with van der Waals surface area (Å²) in [5, 5.41) is 18.1. The van der Waals surface area contributed by atoms with Crippen molar-refractivity contribution in [1.29, 1.82) is 0 Å². The Morgan fingerprint density at radius 2 is 1.68 bits per heavy atom. The van der Waals surface area contributed by atoms with Gasteiger partial charge in [-0.05, 0) is 30.5 Å². The topological polar surface area (TPSA) is 127 Å². The molecular weight excluding hydrogens is 417 g/mol. The van der Waals surface area contributed by atoms with Crippen LogP contribution in [0.3, 0.4) is 0 Å². The van der Waals surface area contributed by atoms with E-state index >= 15 is 0 Å². The van der Waals surface area contributed by atoms with Crippen molar-refractivity contribution >= 4 is 20.4 Å². The lowest BCUT2D eigenvalue weighted by Gasteiger charge is -2.26. The first-order chi connectivity index (χ1) is 14.9. The lowest BCUT2D eigenvalue weighted by molar-refractivity contribution is -0.161. The summed E-state index contributed by atoms with van der Waals surface area (Å²) in [6.07, 6.45) is -0.421. The fourth-order valence-corrected chi connectivity index (χ4v) is 4.12. The predicted octanol–water partition coefficient (Wildman–Crippen LogP) is 3.45. The number of aliphatic hydroxyl groups is 1. The van der Waals surface area contributed by atoms with E-state index in [1.54, 1.807) is 0 Å². The highest BCUT2D eigenvalue weighted by Gasteiger charge is 2.50. The Morgan fingerprint density at radius 1 is 1.06 bits per heavy atom. The Hall–Kier alpha value is -2.60. The number of carbonyl (C=O) groups excluding carboxylic acids is 1. The van der Waals surface area contributed by atoms with Gasteiger partial charge in [0.05, 0.1) is 0 Å². The number of aliphatic carboxylic acids is 1. The van der Waals surface area contributed by atoms with E-state index in [-0.39, 0.29) is 25.8 Å². The van der Waals surface area contributed by atoms with Crippen LogP contribution in [-0.4, -0.2) is 34.0 Å². The van der Waals surface area contributed by atoms with Gasteiger partial charge < -0.3 is 20.7 Å². The highest BCUT2D eigenvalue weighted by molar-refractivity contribution is 7.25. The van der Waals surface area contributed by atoms with Crippen LogP contribution in [0.25, 0.3) is 0 Å². The van der Waals surface area contributed by atoms with E-state index in [2.05, 4.69) is 0 Å². The third-order valence-electron chi connectivity index (χ3n) is 5.14. The summed E-state index contributed by atoms with van der Waals surface area (Å²) in [5.74, 6) is -3.13. The third-order valence-corrected chi connectivity index (χ3v) is 6.09. The van der Waals surface area contributed by atoms with Gasteiger partial charge in [0.1, 0.15) is 12.0 Å². The molecule has 0 aliphatic heterocycles. The Balaban J connectivity index is 2.30. The number of ether oxygens (including phenoxy) is 1. The SMILES string of the molecule is NCCCC(O)([PH+]=O)C(CCC(=O)O)C(=O)OC(Cc1ccccc1)c1ccccc1. The molecule has 0 amide bonds. The fraction of sp³-hybridized carbons (Fsp3) is 0.391. The molecule has 0 radical (unpaired) electrons. The number of carboxylic acids is 1. The van der Waals surface area contributed by atoms with Crippen LogP contribution >= 0.6 is 8.46 Å². The summed E-state index contributed by atoms with van der Waals surface area (Å²) in [7, 11) is -1.22. The molecular formula is C23H29NO6P+. The number of nitrogens with two attached hydrogens (primary N) is 1. The van der Waals surface area contributed by atoms with Gasteiger partial charge in [0.2, 0.25) is 0 Å². The number of rotatable bonds is 13. The molecule has 166 valence electrons. The molecule has 0 heterocycles. The van der Waals surface area contributed by atoms with Gasteiger partial charge in [-0.3, -0.25) is 9.59 Å². The Kier molecular flexibility index (Phi) is 9.79. The number of carboxylic acid groups (broad SMARTS) is 1. The first-order valence-corrected chi connectivity index (χ1v) is 11.1. The minimum absolute atomic E-state index is 0.0134. The lowest BCUT2D eigenvalue weighted by Crippen LogP contribution is -2.40. The van der Waals surface area contributed by atoms with Gasteiger partial charge in [-0.1, -0.05) is 65.2 Å². The van der Waals surface area contributed by atoms with Gasteiger partial charge in [-0.25, -0.2) is 0 Å². The number of hydrogen-bond acceptors (Lipinski definition) is 6. The van der Waals surface area contributed by atoms with Crippen LogP contribution in [0.1, 0.15) is 42.9 Å². The van der Waals surface area contributed by atoms with Crippen LogP contribution < -0.4 is 5.73 Å². The number of benzene rings is 2. The average Bonchev–Trinajstić information content (AvgIpc) is 2.78. The third kappa shape index (κ3) is 7.55. The molecule has 0 aliphatic carbocycles. The van der Waals surface area contributed by atoms with Crippen LogP contribution in [0.5, 0.6) is 0 Å². The van der Waals surface area contributed by atoms with Gasteiger partial charge in [0, 0.05) is 19.3 Å². The van der Waals surface area contributed by atoms with Gasteiger partial charge in [0.15, 0.2) is 0 Å². The quantitative estimate of drug-likeness (QED) is 0.318. The van der Waals surface area contributed by atoms with E-state index in [0.29, 0.717) is 12.8 Å². The van der Waals surface area contributed by atoms with E-state index in [1.165, 1.54) is 0 Å². The van der Waals surface area contributed by atoms with E-state index in [0.717, 1.165) is 11.1 Å². The molecule has 0 aliphatic rings. The minimum atomic E-state index is -1.89. The maximum atomic E-state index is 13.2. The molecule has 0 saturated carbocycles. The second-order valence-electron chi connectivity index (χ2n) is 7.43. The maximum Gasteiger partial charge on any atom is 0.360 e. The van der Waals surface area contributed by atoms with Crippen molar-refractivity contribution in [2.45, 2.75) is 43.6 Å². The monoisotopic (exact) mass is 446 g/mol.